The first-order valence-corrected chi connectivity index (χ1v) is 11.2. The van der Waals surface area contributed by atoms with E-state index in [0.717, 1.165) is 29.6 Å². The molecule has 0 unspecified atom stereocenters. The van der Waals surface area contributed by atoms with Crippen LogP contribution in [0.1, 0.15) is 45.6 Å². The van der Waals surface area contributed by atoms with Gasteiger partial charge in [0.15, 0.2) is 0 Å². The maximum Gasteiger partial charge on any atom is 0.246 e. The van der Waals surface area contributed by atoms with E-state index in [1.165, 1.54) is 38.1 Å². The van der Waals surface area contributed by atoms with E-state index < -0.39 is 10.1 Å². The number of aryl methyl sites for hydroxylation is 1. The number of nitrogens with one attached hydrogen (secondary N) is 1. The molecule has 0 bridgehead atoms. The Morgan fingerprint density at radius 3 is 2.00 bits per heavy atom. The zero-order chi connectivity index (χ0) is 21.8. The molecule has 1 aromatic rings. The van der Waals surface area contributed by atoms with Gasteiger partial charge in [0.05, 0.1) is 31.6 Å². The van der Waals surface area contributed by atoms with Crippen molar-refractivity contribution in [3.8, 4) is 0 Å². The smallest absolute Gasteiger partial charge is 0.246 e. The maximum atomic E-state index is 11.3. The first-order valence-electron chi connectivity index (χ1n) is 9.75. The van der Waals surface area contributed by atoms with E-state index in [0.29, 0.717) is 5.57 Å². The van der Waals surface area contributed by atoms with E-state index in [1.807, 2.05) is 6.92 Å². The van der Waals surface area contributed by atoms with Crippen LogP contribution in [-0.2, 0) is 14.9 Å². The minimum Gasteiger partial charge on any atom is -0.744 e. The molecule has 0 saturated carbocycles. The summed E-state index contributed by atoms with van der Waals surface area (Å²) in [5.41, 5.74) is 1.52. The first kappa shape index (κ1) is 26.3. The van der Waals surface area contributed by atoms with E-state index >= 15 is 0 Å². The van der Waals surface area contributed by atoms with Crippen molar-refractivity contribution in [2.45, 2.75) is 51.9 Å². The lowest BCUT2D eigenvalue weighted by molar-refractivity contribution is -0.909. The Labute approximate surface area is 171 Å². The van der Waals surface area contributed by atoms with Gasteiger partial charge >= 0.3 is 0 Å². The Morgan fingerprint density at radius 2 is 1.61 bits per heavy atom. The number of amides is 1. The Bertz CT molecular complexity index is 706. The van der Waals surface area contributed by atoms with Crippen molar-refractivity contribution in [1.82, 2.24) is 5.32 Å². The van der Waals surface area contributed by atoms with E-state index in [2.05, 4.69) is 32.8 Å². The quantitative estimate of drug-likeness (QED) is 0.277. The fourth-order valence-corrected chi connectivity index (χ4v) is 3.40. The Balaban J connectivity index is 0.000000567. The van der Waals surface area contributed by atoms with Crippen molar-refractivity contribution in [2.75, 3.05) is 33.2 Å². The molecule has 1 N–H and O–H groups in total. The lowest BCUT2D eigenvalue weighted by atomic mass is 10.2. The van der Waals surface area contributed by atoms with Crippen LogP contribution >= 0.6 is 0 Å². The second-order valence-electron chi connectivity index (χ2n) is 7.45. The molecule has 1 amide bonds. The number of nitrogens with zero attached hydrogens (tertiary/aromatic N) is 1. The Morgan fingerprint density at radius 1 is 1.11 bits per heavy atom. The third kappa shape index (κ3) is 11.2. The van der Waals surface area contributed by atoms with Crippen molar-refractivity contribution in [2.24, 2.45) is 0 Å². The highest BCUT2D eigenvalue weighted by Gasteiger charge is 2.18. The summed E-state index contributed by atoms with van der Waals surface area (Å²) in [7, 11) is -1.96. The van der Waals surface area contributed by atoms with Gasteiger partial charge in [-0.15, -0.1) is 0 Å². The van der Waals surface area contributed by atoms with Crippen molar-refractivity contribution < 1.29 is 22.2 Å². The van der Waals surface area contributed by atoms with Crippen molar-refractivity contribution in [3.05, 3.63) is 42.0 Å². The molecule has 0 atom stereocenters. The van der Waals surface area contributed by atoms with Crippen LogP contribution in [0.5, 0.6) is 0 Å². The average molecular weight is 413 g/mol. The molecular weight excluding hydrogens is 376 g/mol. The molecule has 0 aliphatic carbocycles. The van der Waals surface area contributed by atoms with Gasteiger partial charge in [-0.2, -0.15) is 0 Å². The summed E-state index contributed by atoms with van der Waals surface area (Å²) in [4.78, 5) is 11.1. The van der Waals surface area contributed by atoms with Crippen LogP contribution in [0.3, 0.4) is 0 Å². The fraction of sp³-hybridized carbons (Fsp3) is 0.571. The van der Waals surface area contributed by atoms with Crippen LogP contribution in [-0.4, -0.2) is 56.6 Å². The van der Waals surface area contributed by atoms with Crippen LogP contribution in [0.4, 0.5) is 0 Å². The molecule has 0 fully saturated rings. The average Bonchev–Trinajstić information content (AvgIpc) is 2.59. The van der Waals surface area contributed by atoms with Crippen LogP contribution in [0, 0.1) is 6.92 Å². The van der Waals surface area contributed by atoms with Gasteiger partial charge in [-0.25, -0.2) is 8.42 Å². The number of hydrogen-bond donors (Lipinski definition) is 1. The number of rotatable bonds is 10. The zero-order valence-electron chi connectivity index (χ0n) is 18.0. The minimum absolute atomic E-state index is 0.0230. The molecule has 160 valence electrons. The third-order valence-electron chi connectivity index (χ3n) is 4.38. The summed E-state index contributed by atoms with van der Waals surface area (Å²) >= 11 is 0. The molecule has 0 aliphatic heterocycles. The summed E-state index contributed by atoms with van der Waals surface area (Å²) in [6.07, 6.45) is 3.47. The molecule has 0 aromatic heterocycles. The van der Waals surface area contributed by atoms with Crippen molar-refractivity contribution in [3.63, 3.8) is 0 Å². The van der Waals surface area contributed by atoms with Crippen molar-refractivity contribution >= 4 is 16.0 Å². The van der Waals surface area contributed by atoms with E-state index in [1.54, 1.807) is 19.1 Å². The normalized spacial score (nSPS) is 11.4. The van der Waals surface area contributed by atoms with Gasteiger partial charge in [-0.05, 0) is 38.8 Å². The molecule has 0 heterocycles. The highest BCUT2D eigenvalue weighted by atomic mass is 32.2. The largest absolute Gasteiger partial charge is 0.744 e. The molecule has 6 nitrogen and oxygen atoms in total. The monoisotopic (exact) mass is 412 g/mol. The highest BCUT2D eigenvalue weighted by Crippen LogP contribution is 2.08. The Kier molecular flexibility index (Phi) is 11.9. The van der Waals surface area contributed by atoms with Crippen LogP contribution in [0.2, 0.25) is 0 Å². The number of carbonyl (C=O) groups excluding carboxylic acids is 1. The fourth-order valence-electron chi connectivity index (χ4n) is 2.93. The standard InChI is InChI=1S/C14H28N2O.C7H8O3S/c1-6-10-16(5,11-7-2)12-8-9-15-14(17)13(3)4;1-6-2-4-7(5-3-6)11(8,9)10/h3,6-12H2,1-2,4-5H3;2-5H,1H3,(H,8,9,10). The molecule has 0 aliphatic rings. The van der Waals surface area contributed by atoms with E-state index in [9.17, 15) is 17.8 Å². The molecule has 0 saturated heterocycles. The number of benzene rings is 1. The Hall–Kier alpha value is -1.70. The first-order chi connectivity index (χ1) is 12.9. The minimum atomic E-state index is -4.27. The van der Waals surface area contributed by atoms with Gasteiger partial charge in [-0.3, -0.25) is 4.79 Å². The number of quaternary nitrogens is 1. The predicted molar refractivity (Wildman–Crippen MR) is 113 cm³/mol. The molecule has 0 radical (unpaired) electrons. The maximum absolute atomic E-state index is 11.3. The van der Waals surface area contributed by atoms with Gasteiger partial charge in [0.2, 0.25) is 5.91 Å². The van der Waals surface area contributed by atoms with Gasteiger partial charge in [0, 0.05) is 18.5 Å². The van der Waals surface area contributed by atoms with Gasteiger partial charge in [-0.1, -0.05) is 38.1 Å². The second kappa shape index (κ2) is 12.7. The lowest BCUT2D eigenvalue weighted by Gasteiger charge is -2.34. The summed E-state index contributed by atoms with van der Waals surface area (Å²) in [6, 6.07) is 5.78. The van der Waals surface area contributed by atoms with Crippen LogP contribution in [0.15, 0.2) is 41.3 Å². The SMILES string of the molecule is C=C(C)C(=O)NCCC[N+](C)(CCC)CCC.Cc1ccc(S(=O)(=O)[O-])cc1. The second-order valence-corrected chi connectivity index (χ2v) is 8.83. The van der Waals surface area contributed by atoms with Gasteiger partial charge in [0.25, 0.3) is 0 Å². The van der Waals surface area contributed by atoms with Gasteiger partial charge < -0.3 is 14.4 Å². The van der Waals surface area contributed by atoms with Gasteiger partial charge in [0.1, 0.15) is 10.1 Å². The molecule has 1 aromatic carbocycles. The molecule has 28 heavy (non-hydrogen) atoms. The molecule has 7 heteroatoms. The lowest BCUT2D eigenvalue weighted by Crippen LogP contribution is -2.46. The molecule has 0 spiro atoms. The van der Waals surface area contributed by atoms with E-state index in [-0.39, 0.29) is 10.8 Å². The highest BCUT2D eigenvalue weighted by molar-refractivity contribution is 7.85. The summed E-state index contributed by atoms with van der Waals surface area (Å²) in [5, 5.41) is 2.89. The van der Waals surface area contributed by atoms with E-state index in [4.69, 9.17) is 0 Å². The van der Waals surface area contributed by atoms with Crippen LogP contribution < -0.4 is 5.32 Å². The summed E-state index contributed by atoms with van der Waals surface area (Å²) in [6.45, 7) is 16.0. The summed E-state index contributed by atoms with van der Waals surface area (Å²) in [5.74, 6) is -0.0230. The third-order valence-corrected chi connectivity index (χ3v) is 5.23. The number of hydrogen-bond acceptors (Lipinski definition) is 4. The topological polar surface area (TPSA) is 86.3 Å². The van der Waals surface area contributed by atoms with Crippen LogP contribution in [0.25, 0.3) is 0 Å². The van der Waals surface area contributed by atoms with Crippen molar-refractivity contribution in [1.29, 1.82) is 0 Å². The molecular formula is C21H36N2O4S. The predicted octanol–water partition coefficient (Wildman–Crippen LogP) is 3.23. The summed E-state index contributed by atoms with van der Waals surface area (Å²) < 4.78 is 32.3. The zero-order valence-corrected chi connectivity index (χ0v) is 18.8. The number of carbonyl (C=O) groups is 1. The molecule has 1 rings (SSSR count).